The van der Waals surface area contributed by atoms with Gasteiger partial charge in [0.1, 0.15) is 91.6 Å². The minimum Gasteiger partial charge on any atom is -0.394 e. The van der Waals surface area contributed by atoms with Gasteiger partial charge in [-0.05, 0) is 111 Å². The SMILES string of the molecule is C[C@H](CC[C@@]1(O)OC2CC3C4CCC5CC(O[C@@H]6O[C@H](CO)[C@@H](O[C@H]7O[C@@H](C)[C@H](O)[C@@H](O)[C@H]7O)[C@H](O)[C@H]6O[C@H]6O[C@H](CO)[C@@H](O)[C@H](O)[C@H]6O)CCC5(C)C4CCC3(C)C2[C@@H]1C)CO[C@@H]1O[C@H](CO)[C@@H](O)[C@H](O)[C@H]1O. The van der Waals surface area contributed by atoms with Crippen LogP contribution < -0.4 is 0 Å². The van der Waals surface area contributed by atoms with E-state index in [1.165, 1.54) is 6.92 Å². The lowest BCUT2D eigenvalue weighted by Crippen LogP contribution is -2.67. The Labute approximate surface area is 431 Å². The zero-order valence-corrected chi connectivity index (χ0v) is 43.1. The molecule has 0 aromatic heterocycles. The first-order chi connectivity index (χ1) is 35.0. The summed E-state index contributed by atoms with van der Waals surface area (Å²) in [6.07, 6.45) is -22.8. The van der Waals surface area contributed by atoms with E-state index in [2.05, 4.69) is 20.8 Å². The fraction of sp³-hybridized carbons (Fsp3) is 1.00. The van der Waals surface area contributed by atoms with Crippen LogP contribution in [-0.4, -0.2) is 239 Å². The highest BCUT2D eigenvalue weighted by Gasteiger charge is 2.68. The Bertz CT molecular complexity index is 1850. The summed E-state index contributed by atoms with van der Waals surface area (Å²) in [6.45, 7) is 8.47. The molecule has 4 saturated carbocycles. The molecule has 9 fully saturated rings. The molecule has 32 atom stereocenters. The lowest BCUT2D eigenvalue weighted by molar-refractivity contribution is -0.391. The number of aliphatic hydroxyl groups excluding tert-OH is 13. The Kier molecular flexibility index (Phi) is 17.6. The molecule has 5 heterocycles. The monoisotopic (exact) mass is 1070 g/mol. The predicted molar refractivity (Wildman–Crippen MR) is 250 cm³/mol. The summed E-state index contributed by atoms with van der Waals surface area (Å²) in [4.78, 5) is 0. The number of ether oxygens (including phenoxy) is 9. The van der Waals surface area contributed by atoms with E-state index < -0.39 is 155 Å². The molecule has 9 rings (SSSR count). The number of fused-ring (bicyclic) bond motifs is 7. The number of hydrogen-bond donors (Lipinski definition) is 14. The summed E-state index contributed by atoms with van der Waals surface area (Å²) in [5.41, 5.74) is -0.0673. The molecule has 9 aliphatic rings. The summed E-state index contributed by atoms with van der Waals surface area (Å²) in [6, 6.07) is 0. The molecule has 4 aliphatic carbocycles. The highest BCUT2D eigenvalue weighted by atomic mass is 16.8. The average Bonchev–Trinajstić information content (AvgIpc) is 3.82. The molecular formula is C51H86O23. The zero-order valence-electron chi connectivity index (χ0n) is 43.1. The molecule has 14 N–H and O–H groups in total. The van der Waals surface area contributed by atoms with E-state index in [4.69, 9.17) is 42.6 Å². The molecule has 0 aromatic carbocycles. The minimum atomic E-state index is -1.85. The van der Waals surface area contributed by atoms with Crippen molar-refractivity contribution in [1.29, 1.82) is 0 Å². The van der Waals surface area contributed by atoms with Gasteiger partial charge in [-0.2, -0.15) is 0 Å². The first kappa shape index (κ1) is 57.8. The third-order valence-electron chi connectivity index (χ3n) is 20.1. The molecule has 5 aliphatic heterocycles. The molecule has 9 unspecified atom stereocenters. The van der Waals surface area contributed by atoms with Crippen LogP contribution >= 0.6 is 0 Å². The summed E-state index contributed by atoms with van der Waals surface area (Å²) < 4.78 is 54.5. The lowest BCUT2D eigenvalue weighted by Gasteiger charge is -2.61. The van der Waals surface area contributed by atoms with Gasteiger partial charge in [-0.3, -0.25) is 0 Å². The summed E-state index contributed by atoms with van der Waals surface area (Å²) in [7, 11) is 0. The van der Waals surface area contributed by atoms with Crippen LogP contribution in [0, 0.1) is 52.3 Å². The summed E-state index contributed by atoms with van der Waals surface area (Å²) in [5.74, 6) is 0.175. The Balaban J connectivity index is 0.835. The van der Waals surface area contributed by atoms with Crippen LogP contribution in [0.5, 0.6) is 0 Å². The normalized spacial score (nSPS) is 56.0. The van der Waals surface area contributed by atoms with Gasteiger partial charge in [0, 0.05) is 12.3 Å². The maximum Gasteiger partial charge on any atom is 0.187 e. The van der Waals surface area contributed by atoms with Crippen LogP contribution in [-0.2, 0) is 42.6 Å². The molecule has 0 bridgehead atoms. The molecule has 23 nitrogen and oxygen atoms in total. The third-order valence-corrected chi connectivity index (χ3v) is 20.1. The predicted octanol–water partition coefficient (Wildman–Crippen LogP) is -2.93. The van der Waals surface area contributed by atoms with Gasteiger partial charge in [0.25, 0.3) is 0 Å². The first-order valence-electron chi connectivity index (χ1n) is 27.2. The Hall–Kier alpha value is -0.920. The van der Waals surface area contributed by atoms with Crippen LogP contribution in [0.3, 0.4) is 0 Å². The molecule has 23 heteroatoms. The number of aliphatic hydroxyl groups is 14. The van der Waals surface area contributed by atoms with Gasteiger partial charge >= 0.3 is 0 Å². The zero-order chi connectivity index (χ0) is 53.5. The van der Waals surface area contributed by atoms with Gasteiger partial charge < -0.3 is 114 Å². The minimum absolute atomic E-state index is 0.0231. The van der Waals surface area contributed by atoms with E-state index in [1.54, 1.807) is 0 Å². The number of hydrogen-bond acceptors (Lipinski definition) is 23. The molecule has 0 spiro atoms. The highest BCUT2D eigenvalue weighted by Crippen LogP contribution is 2.71. The topological polar surface area (TPSA) is 366 Å². The summed E-state index contributed by atoms with van der Waals surface area (Å²) >= 11 is 0. The lowest BCUT2D eigenvalue weighted by atomic mass is 9.44. The second kappa shape index (κ2) is 22.6. The molecule has 0 aromatic rings. The van der Waals surface area contributed by atoms with Crippen molar-refractivity contribution in [3.8, 4) is 0 Å². The van der Waals surface area contributed by atoms with Crippen molar-refractivity contribution in [2.75, 3.05) is 26.4 Å². The van der Waals surface area contributed by atoms with Crippen molar-refractivity contribution >= 4 is 0 Å². The van der Waals surface area contributed by atoms with Crippen LogP contribution in [0.25, 0.3) is 0 Å². The number of rotatable bonds is 15. The standard InChI is InChI=1S/C51H86O23/c1-20(19-66-45-39(61)37(59)34(56)29(16-52)69-45)8-13-51(65)21(2)32-28(74-51)15-27-25-7-6-23-14-24(9-11-49(23,4)26(25)10-12-50(27,32)5)68-48-44(73-47-41(63)38(60)35(57)30(17-53)70-47)42(64)43(31(18-54)71-48)72-46-40(62)36(58)33(55)22(3)67-46/h20-48,52-65H,6-19H2,1-5H3/t20-,21+,22+,23?,24?,25?,26?,27?,28?,29-,30-,31-,32?,33+,34-,35-,36-,37+,38+,39-,40-,41-,42+,43-,44-,45-,46-,47-,48-,49?,50?,51-/m1/s1. The van der Waals surface area contributed by atoms with Gasteiger partial charge in [-0.1, -0.05) is 27.7 Å². The van der Waals surface area contributed by atoms with E-state index in [9.17, 15) is 71.5 Å². The van der Waals surface area contributed by atoms with Crippen molar-refractivity contribution < 1.29 is 114 Å². The average molecular weight is 1070 g/mol. The van der Waals surface area contributed by atoms with Gasteiger partial charge in [0.05, 0.1) is 44.7 Å². The third kappa shape index (κ3) is 10.3. The van der Waals surface area contributed by atoms with Crippen molar-refractivity contribution in [1.82, 2.24) is 0 Å². The second-order valence-corrected chi connectivity index (χ2v) is 24.3. The fourth-order valence-corrected chi connectivity index (χ4v) is 15.6. The quantitative estimate of drug-likeness (QED) is 0.0730. The van der Waals surface area contributed by atoms with E-state index in [-0.39, 0.29) is 47.2 Å². The largest absolute Gasteiger partial charge is 0.394 e. The van der Waals surface area contributed by atoms with E-state index in [0.717, 1.165) is 38.5 Å². The van der Waals surface area contributed by atoms with E-state index in [0.29, 0.717) is 43.4 Å². The van der Waals surface area contributed by atoms with E-state index in [1.807, 2.05) is 6.92 Å². The van der Waals surface area contributed by atoms with Crippen LogP contribution in [0.2, 0.25) is 0 Å². The molecule has 428 valence electrons. The molecule has 0 amide bonds. The smallest absolute Gasteiger partial charge is 0.187 e. The van der Waals surface area contributed by atoms with Crippen molar-refractivity contribution in [3.63, 3.8) is 0 Å². The second-order valence-electron chi connectivity index (χ2n) is 24.3. The van der Waals surface area contributed by atoms with E-state index >= 15 is 0 Å². The van der Waals surface area contributed by atoms with Gasteiger partial charge in [-0.15, -0.1) is 0 Å². The van der Waals surface area contributed by atoms with Crippen LogP contribution in [0.4, 0.5) is 0 Å². The Morgan fingerprint density at radius 3 is 1.77 bits per heavy atom. The maximum absolute atomic E-state index is 12.1. The van der Waals surface area contributed by atoms with Crippen molar-refractivity contribution in [2.24, 2.45) is 52.3 Å². The first-order valence-corrected chi connectivity index (χ1v) is 27.2. The van der Waals surface area contributed by atoms with Crippen molar-refractivity contribution in [2.45, 2.75) is 240 Å². The summed E-state index contributed by atoms with van der Waals surface area (Å²) in [5, 5.41) is 149. The molecule has 0 radical (unpaired) electrons. The fourth-order valence-electron chi connectivity index (χ4n) is 15.6. The van der Waals surface area contributed by atoms with Crippen LogP contribution in [0.15, 0.2) is 0 Å². The van der Waals surface area contributed by atoms with Crippen LogP contribution in [0.1, 0.15) is 98.8 Å². The van der Waals surface area contributed by atoms with Gasteiger partial charge in [0.2, 0.25) is 0 Å². The van der Waals surface area contributed by atoms with Crippen molar-refractivity contribution in [3.05, 3.63) is 0 Å². The Morgan fingerprint density at radius 1 is 0.554 bits per heavy atom. The molecular weight excluding hydrogens is 981 g/mol. The maximum atomic E-state index is 12.1. The van der Waals surface area contributed by atoms with Gasteiger partial charge in [0.15, 0.2) is 30.9 Å². The molecule has 5 saturated heterocycles. The van der Waals surface area contributed by atoms with Gasteiger partial charge in [-0.25, -0.2) is 0 Å². The highest BCUT2D eigenvalue weighted by molar-refractivity contribution is 5.15. The Morgan fingerprint density at radius 2 is 1.12 bits per heavy atom. The molecule has 74 heavy (non-hydrogen) atoms.